The molecule has 2 aromatic heterocycles. The van der Waals surface area contributed by atoms with Crippen LogP contribution in [-0.4, -0.2) is 87.7 Å². The number of carboxylic acid groups (broad SMARTS) is 1. The molecule has 5 rings (SSSR count). The van der Waals surface area contributed by atoms with Gasteiger partial charge in [-0.25, -0.2) is 9.59 Å². The minimum Gasteiger partial charge on any atom is -0.477 e. The summed E-state index contributed by atoms with van der Waals surface area (Å²) in [7, 11) is 0. The van der Waals surface area contributed by atoms with Crippen molar-refractivity contribution in [1.82, 2.24) is 40.8 Å². The molecule has 1 aromatic carbocycles. The van der Waals surface area contributed by atoms with Gasteiger partial charge in [0.25, 0.3) is 5.91 Å². The molecule has 0 spiro atoms. The lowest BCUT2D eigenvalue weighted by atomic mass is 10.0. The van der Waals surface area contributed by atoms with E-state index in [1.165, 1.54) is 33.1 Å². The Labute approximate surface area is 248 Å². The molecule has 1 fully saturated rings. The molecule has 3 N–H and O–H groups in total. The van der Waals surface area contributed by atoms with E-state index in [1.807, 2.05) is 0 Å². The highest BCUT2D eigenvalue weighted by Gasteiger charge is 2.54. The molecule has 2 aliphatic heterocycles. The Balaban J connectivity index is 1.20. The number of β-lactam (4-membered cyclic amide) rings is 1. The number of ether oxygens (including phenoxy) is 1. The standard InChI is InChI=1S/C26H28N8O6S2/c1-26(2,3)40-25(39)27-11-15-7-5-4-6-14(15)10-18(35)28-20-22(36)33-21(24(37)38)16(13-42-23(20)33)12-41-19-9-8-17-29-31-32-34(17)30-19/h4-9,20,23H,10-13H2,1-3H3,(H,27,39)(H,28,35)(H,37,38). The number of benzene rings is 1. The van der Waals surface area contributed by atoms with E-state index in [1.54, 1.807) is 57.2 Å². The summed E-state index contributed by atoms with van der Waals surface area (Å²) in [5.41, 5.74) is 1.78. The average Bonchev–Trinajstić information content (AvgIpc) is 3.41. The van der Waals surface area contributed by atoms with Crippen molar-refractivity contribution >= 4 is 53.0 Å². The van der Waals surface area contributed by atoms with Crippen molar-refractivity contribution in [2.45, 2.75) is 55.8 Å². The maximum Gasteiger partial charge on any atom is 0.407 e. The Morgan fingerprint density at radius 2 is 1.93 bits per heavy atom. The fraction of sp³-hybridized carbons (Fsp3) is 0.385. The molecule has 3 amide bonds. The van der Waals surface area contributed by atoms with E-state index < -0.39 is 35.0 Å². The third kappa shape index (κ3) is 6.49. The number of hydrogen-bond donors (Lipinski definition) is 3. The van der Waals surface area contributed by atoms with Gasteiger partial charge >= 0.3 is 12.1 Å². The minimum absolute atomic E-state index is 0.0184. The van der Waals surface area contributed by atoms with Gasteiger partial charge in [0.05, 0.1) is 6.42 Å². The second-order valence-electron chi connectivity index (χ2n) is 10.5. The van der Waals surface area contributed by atoms with Crippen LogP contribution < -0.4 is 10.6 Å². The highest BCUT2D eigenvalue weighted by atomic mass is 32.2. The summed E-state index contributed by atoms with van der Waals surface area (Å²) in [5, 5.41) is 30.9. The largest absolute Gasteiger partial charge is 0.477 e. The SMILES string of the molecule is CC(C)(C)OC(=O)NCc1ccccc1CC(=O)NC1C(=O)N2C(C(=O)O)=C(CSc3ccc4nnnn4n3)CSC12. The number of aromatic nitrogens is 5. The van der Waals surface area contributed by atoms with Gasteiger partial charge in [-0.2, -0.15) is 0 Å². The van der Waals surface area contributed by atoms with Crippen LogP contribution in [0, 0.1) is 0 Å². The molecule has 4 heterocycles. The molecule has 16 heteroatoms. The summed E-state index contributed by atoms with van der Waals surface area (Å²) in [6.45, 7) is 5.47. The number of nitrogens with zero attached hydrogens (tertiary/aromatic N) is 6. The van der Waals surface area contributed by atoms with Crippen molar-refractivity contribution in [3.8, 4) is 0 Å². The molecule has 14 nitrogen and oxygen atoms in total. The van der Waals surface area contributed by atoms with Gasteiger partial charge in [-0.3, -0.25) is 14.5 Å². The highest BCUT2D eigenvalue weighted by Crippen LogP contribution is 2.41. The van der Waals surface area contributed by atoms with Crippen LogP contribution in [0.2, 0.25) is 0 Å². The molecule has 1 saturated heterocycles. The summed E-state index contributed by atoms with van der Waals surface area (Å²) in [4.78, 5) is 51.6. The van der Waals surface area contributed by atoms with Gasteiger partial charge < -0.3 is 20.5 Å². The summed E-state index contributed by atoms with van der Waals surface area (Å²) >= 11 is 2.71. The number of carboxylic acids is 1. The van der Waals surface area contributed by atoms with Crippen molar-refractivity contribution in [1.29, 1.82) is 0 Å². The van der Waals surface area contributed by atoms with Gasteiger partial charge in [0, 0.05) is 18.1 Å². The molecule has 0 bridgehead atoms. The van der Waals surface area contributed by atoms with E-state index in [0.717, 1.165) is 5.56 Å². The monoisotopic (exact) mass is 612 g/mol. The minimum atomic E-state index is -1.20. The topological polar surface area (TPSA) is 181 Å². The van der Waals surface area contributed by atoms with Crippen molar-refractivity contribution in [3.05, 3.63) is 58.8 Å². The van der Waals surface area contributed by atoms with E-state index in [-0.39, 0.29) is 24.6 Å². The number of nitrogens with one attached hydrogen (secondary N) is 2. The first-order chi connectivity index (χ1) is 20.0. The van der Waals surface area contributed by atoms with E-state index in [2.05, 4.69) is 31.3 Å². The second-order valence-corrected chi connectivity index (χ2v) is 12.6. The number of alkyl carbamates (subject to hydrolysis) is 1. The summed E-state index contributed by atoms with van der Waals surface area (Å²) in [6, 6.07) is 9.76. The molecular weight excluding hydrogens is 584 g/mol. The molecule has 42 heavy (non-hydrogen) atoms. The molecular formula is C26H28N8O6S2. The maximum atomic E-state index is 13.1. The molecule has 2 atom stereocenters. The van der Waals surface area contributed by atoms with E-state index in [9.17, 15) is 24.3 Å². The number of hydrogen-bond acceptors (Lipinski definition) is 11. The number of thioether (sulfide) groups is 2. The predicted octanol–water partition coefficient (Wildman–Crippen LogP) is 1.62. The average molecular weight is 613 g/mol. The highest BCUT2D eigenvalue weighted by molar-refractivity contribution is 8.01. The summed E-state index contributed by atoms with van der Waals surface area (Å²) in [5.74, 6) is -1.39. The number of aliphatic carboxylic acids is 1. The van der Waals surface area contributed by atoms with Crippen molar-refractivity contribution < 1.29 is 29.0 Å². The van der Waals surface area contributed by atoms with Gasteiger partial charge in [0.15, 0.2) is 5.65 Å². The lowest BCUT2D eigenvalue weighted by Gasteiger charge is -2.49. The number of carbonyl (C=O) groups is 4. The molecule has 0 aliphatic carbocycles. The van der Waals surface area contributed by atoms with E-state index >= 15 is 0 Å². The van der Waals surface area contributed by atoms with Crippen LogP contribution in [0.5, 0.6) is 0 Å². The third-order valence-electron chi connectivity index (χ3n) is 6.30. The molecule has 2 aliphatic rings. The Morgan fingerprint density at radius 1 is 1.17 bits per heavy atom. The van der Waals surface area contributed by atoms with Gasteiger partial charge in [0.2, 0.25) is 5.91 Å². The lowest BCUT2D eigenvalue weighted by molar-refractivity contribution is -0.150. The normalized spacial score (nSPS) is 18.4. The quantitative estimate of drug-likeness (QED) is 0.235. The molecule has 0 radical (unpaired) electrons. The molecule has 220 valence electrons. The van der Waals surface area contributed by atoms with Crippen molar-refractivity contribution in [2.75, 3.05) is 11.5 Å². The van der Waals surface area contributed by atoms with E-state index in [4.69, 9.17) is 4.74 Å². The first-order valence-corrected chi connectivity index (χ1v) is 14.9. The van der Waals surface area contributed by atoms with Gasteiger partial charge in [0.1, 0.15) is 27.7 Å². The van der Waals surface area contributed by atoms with Crippen LogP contribution in [-0.2, 0) is 32.1 Å². The van der Waals surface area contributed by atoms with Crippen LogP contribution in [0.15, 0.2) is 52.7 Å². The number of rotatable bonds is 9. The van der Waals surface area contributed by atoms with Gasteiger partial charge in [-0.05, 0) is 60.0 Å². The number of carbonyl (C=O) groups excluding carboxylic acids is 3. The smallest absolute Gasteiger partial charge is 0.407 e. The van der Waals surface area contributed by atoms with Crippen LogP contribution in [0.25, 0.3) is 5.65 Å². The molecule has 3 aromatic rings. The first kappa shape index (κ1) is 29.3. The van der Waals surface area contributed by atoms with Crippen LogP contribution in [0.3, 0.4) is 0 Å². The lowest BCUT2D eigenvalue weighted by Crippen LogP contribution is -2.70. The summed E-state index contributed by atoms with van der Waals surface area (Å²) < 4.78 is 6.55. The Kier molecular flexibility index (Phi) is 8.36. The predicted molar refractivity (Wildman–Crippen MR) is 152 cm³/mol. The Bertz CT molecular complexity index is 1590. The van der Waals surface area contributed by atoms with Crippen molar-refractivity contribution in [3.63, 3.8) is 0 Å². The Hall–Kier alpha value is -4.18. The second kappa shape index (κ2) is 12.0. The van der Waals surface area contributed by atoms with E-state index in [0.29, 0.717) is 33.3 Å². The van der Waals surface area contributed by atoms with Crippen LogP contribution >= 0.6 is 23.5 Å². The third-order valence-corrected chi connectivity index (χ3v) is 8.64. The zero-order valence-corrected chi connectivity index (χ0v) is 24.6. The number of fused-ring (bicyclic) bond motifs is 2. The van der Waals surface area contributed by atoms with Crippen LogP contribution in [0.1, 0.15) is 31.9 Å². The van der Waals surface area contributed by atoms with Crippen molar-refractivity contribution in [2.24, 2.45) is 0 Å². The number of amides is 3. The molecule has 2 unspecified atom stereocenters. The van der Waals surface area contributed by atoms with Gasteiger partial charge in [-0.1, -0.05) is 24.3 Å². The zero-order chi connectivity index (χ0) is 30.0. The zero-order valence-electron chi connectivity index (χ0n) is 22.9. The molecule has 0 saturated carbocycles. The first-order valence-electron chi connectivity index (χ1n) is 12.9. The Morgan fingerprint density at radius 3 is 2.67 bits per heavy atom. The fourth-order valence-electron chi connectivity index (χ4n) is 4.45. The fourth-order valence-corrected chi connectivity index (χ4v) is 6.78. The maximum absolute atomic E-state index is 13.1. The van der Waals surface area contributed by atoms with Crippen LogP contribution in [0.4, 0.5) is 4.79 Å². The van der Waals surface area contributed by atoms with Gasteiger partial charge in [-0.15, -0.1) is 38.4 Å². The summed E-state index contributed by atoms with van der Waals surface area (Å²) in [6.07, 6.45) is -0.587. The number of tetrazole rings is 1.